The summed E-state index contributed by atoms with van der Waals surface area (Å²) < 4.78 is 0. The van der Waals surface area contributed by atoms with Gasteiger partial charge in [-0.1, -0.05) is 36.4 Å². The van der Waals surface area contributed by atoms with Gasteiger partial charge in [-0.3, -0.25) is 4.90 Å². The summed E-state index contributed by atoms with van der Waals surface area (Å²) in [5.41, 5.74) is 2.54. The maximum absolute atomic E-state index is 10.4. The van der Waals surface area contributed by atoms with E-state index in [1.165, 1.54) is 11.1 Å². The van der Waals surface area contributed by atoms with Gasteiger partial charge in [-0.05, 0) is 36.9 Å². The van der Waals surface area contributed by atoms with Crippen molar-refractivity contribution in [1.82, 2.24) is 4.90 Å². The molecule has 1 aromatic carbocycles. The van der Waals surface area contributed by atoms with Crippen LogP contribution in [0.3, 0.4) is 0 Å². The van der Waals surface area contributed by atoms with Crippen molar-refractivity contribution in [2.75, 3.05) is 19.6 Å². The SMILES string of the molecule is CC=CCN1CCC2C(O)c3ccccc3C2C1. The molecule has 0 amide bonds. The number of rotatable bonds is 2. The van der Waals surface area contributed by atoms with Crippen LogP contribution in [0, 0.1) is 5.92 Å². The van der Waals surface area contributed by atoms with Crippen molar-refractivity contribution >= 4 is 0 Å². The standard InChI is InChI=1S/C16H21NO/c1-2-3-9-17-10-8-14-15(11-17)12-6-4-5-7-13(12)16(14)18/h2-7,14-16,18H,8-11H2,1H3. The molecule has 1 aliphatic heterocycles. The lowest BCUT2D eigenvalue weighted by Crippen LogP contribution is -2.38. The van der Waals surface area contributed by atoms with Gasteiger partial charge in [-0.25, -0.2) is 0 Å². The van der Waals surface area contributed by atoms with Crippen LogP contribution in [0.4, 0.5) is 0 Å². The highest BCUT2D eigenvalue weighted by Crippen LogP contribution is 2.48. The van der Waals surface area contributed by atoms with Crippen LogP contribution in [0.15, 0.2) is 36.4 Å². The second kappa shape index (κ2) is 4.87. The predicted octanol–water partition coefficient (Wildman–Crippen LogP) is 2.72. The largest absolute Gasteiger partial charge is 0.388 e. The Hall–Kier alpha value is -1.12. The minimum Gasteiger partial charge on any atom is -0.388 e. The Kier molecular flexibility index (Phi) is 3.23. The van der Waals surface area contributed by atoms with Gasteiger partial charge in [0.2, 0.25) is 0 Å². The number of hydrogen-bond acceptors (Lipinski definition) is 2. The quantitative estimate of drug-likeness (QED) is 0.807. The fraction of sp³-hybridized carbons (Fsp3) is 0.500. The molecule has 0 radical (unpaired) electrons. The lowest BCUT2D eigenvalue weighted by Gasteiger charge is -2.35. The molecule has 1 fully saturated rings. The molecular formula is C16H21NO. The maximum Gasteiger partial charge on any atom is 0.0827 e. The van der Waals surface area contributed by atoms with Crippen molar-refractivity contribution in [2.24, 2.45) is 5.92 Å². The zero-order valence-electron chi connectivity index (χ0n) is 10.9. The van der Waals surface area contributed by atoms with E-state index in [0.29, 0.717) is 11.8 Å². The van der Waals surface area contributed by atoms with Gasteiger partial charge < -0.3 is 5.11 Å². The van der Waals surface area contributed by atoms with E-state index in [1.807, 2.05) is 6.07 Å². The number of aliphatic hydroxyl groups excluding tert-OH is 1. The summed E-state index contributed by atoms with van der Waals surface area (Å²) in [6.07, 6.45) is 5.20. The van der Waals surface area contributed by atoms with E-state index < -0.39 is 0 Å². The lowest BCUT2D eigenvalue weighted by atomic mass is 9.85. The van der Waals surface area contributed by atoms with Gasteiger partial charge in [0.1, 0.15) is 0 Å². The van der Waals surface area contributed by atoms with Gasteiger partial charge in [0, 0.05) is 19.0 Å². The molecule has 18 heavy (non-hydrogen) atoms. The smallest absolute Gasteiger partial charge is 0.0827 e. The first-order valence-corrected chi connectivity index (χ1v) is 6.91. The van der Waals surface area contributed by atoms with E-state index in [0.717, 1.165) is 26.1 Å². The summed E-state index contributed by atoms with van der Waals surface area (Å²) in [5, 5.41) is 10.4. The van der Waals surface area contributed by atoms with E-state index in [9.17, 15) is 5.11 Å². The van der Waals surface area contributed by atoms with Gasteiger partial charge in [0.25, 0.3) is 0 Å². The second-order valence-corrected chi connectivity index (χ2v) is 5.46. The van der Waals surface area contributed by atoms with Crippen LogP contribution in [0.25, 0.3) is 0 Å². The number of fused-ring (bicyclic) bond motifs is 3. The summed E-state index contributed by atoms with van der Waals surface area (Å²) >= 11 is 0. The summed E-state index contributed by atoms with van der Waals surface area (Å²) in [4.78, 5) is 2.50. The average Bonchev–Trinajstić information content (AvgIpc) is 2.71. The van der Waals surface area contributed by atoms with Crippen molar-refractivity contribution < 1.29 is 5.11 Å². The molecule has 2 aliphatic rings. The molecule has 3 rings (SSSR count). The second-order valence-electron chi connectivity index (χ2n) is 5.46. The van der Waals surface area contributed by atoms with Crippen LogP contribution in [-0.4, -0.2) is 29.6 Å². The van der Waals surface area contributed by atoms with Crippen LogP contribution >= 0.6 is 0 Å². The number of aliphatic hydroxyl groups is 1. The van der Waals surface area contributed by atoms with Crippen molar-refractivity contribution in [1.29, 1.82) is 0 Å². The third kappa shape index (κ3) is 1.90. The van der Waals surface area contributed by atoms with Crippen LogP contribution in [0.2, 0.25) is 0 Å². The molecule has 96 valence electrons. The fourth-order valence-electron chi connectivity index (χ4n) is 3.51. The minimum absolute atomic E-state index is 0.241. The average molecular weight is 243 g/mol. The maximum atomic E-state index is 10.4. The lowest BCUT2D eigenvalue weighted by molar-refractivity contribution is 0.0649. The Bertz CT molecular complexity index is 454. The van der Waals surface area contributed by atoms with Crippen LogP contribution in [-0.2, 0) is 0 Å². The molecule has 1 saturated heterocycles. The molecule has 2 nitrogen and oxygen atoms in total. The number of benzene rings is 1. The molecule has 1 aliphatic carbocycles. The van der Waals surface area contributed by atoms with E-state index >= 15 is 0 Å². The number of likely N-dealkylation sites (tertiary alicyclic amines) is 1. The molecule has 0 bridgehead atoms. The van der Waals surface area contributed by atoms with Gasteiger partial charge in [-0.15, -0.1) is 0 Å². The van der Waals surface area contributed by atoms with Gasteiger partial charge in [-0.2, -0.15) is 0 Å². The van der Waals surface area contributed by atoms with Gasteiger partial charge >= 0.3 is 0 Å². The summed E-state index contributed by atoms with van der Waals surface area (Å²) in [6.45, 7) is 5.30. The topological polar surface area (TPSA) is 23.5 Å². The third-order valence-electron chi connectivity index (χ3n) is 4.47. The Morgan fingerprint density at radius 1 is 1.33 bits per heavy atom. The minimum atomic E-state index is -0.241. The first kappa shape index (κ1) is 11.9. The summed E-state index contributed by atoms with van der Waals surface area (Å²) in [5.74, 6) is 0.958. The Morgan fingerprint density at radius 3 is 2.89 bits per heavy atom. The molecule has 2 heteroatoms. The number of piperidine rings is 1. The molecule has 0 spiro atoms. The number of nitrogens with zero attached hydrogens (tertiary/aromatic N) is 1. The van der Waals surface area contributed by atoms with Gasteiger partial charge in [0.05, 0.1) is 6.10 Å². The highest BCUT2D eigenvalue weighted by molar-refractivity contribution is 5.39. The highest BCUT2D eigenvalue weighted by Gasteiger charge is 2.42. The van der Waals surface area contributed by atoms with Crippen LogP contribution in [0.1, 0.15) is 36.5 Å². The highest BCUT2D eigenvalue weighted by atomic mass is 16.3. The zero-order chi connectivity index (χ0) is 12.5. The van der Waals surface area contributed by atoms with Crippen LogP contribution < -0.4 is 0 Å². The molecule has 3 atom stereocenters. The predicted molar refractivity (Wildman–Crippen MR) is 73.5 cm³/mol. The molecular weight excluding hydrogens is 222 g/mol. The summed E-state index contributed by atoms with van der Waals surface area (Å²) in [7, 11) is 0. The molecule has 1 N–H and O–H groups in total. The molecule has 1 aromatic rings. The van der Waals surface area contributed by atoms with E-state index in [2.05, 4.69) is 42.2 Å². The number of allylic oxidation sites excluding steroid dienone is 1. The zero-order valence-corrected chi connectivity index (χ0v) is 10.9. The van der Waals surface area contributed by atoms with Gasteiger partial charge in [0.15, 0.2) is 0 Å². The Labute approximate surface area is 109 Å². The summed E-state index contributed by atoms with van der Waals surface area (Å²) in [6, 6.07) is 8.42. The molecule has 0 aromatic heterocycles. The Balaban J connectivity index is 1.82. The first-order chi connectivity index (χ1) is 8.81. The van der Waals surface area contributed by atoms with Crippen molar-refractivity contribution in [2.45, 2.75) is 25.4 Å². The van der Waals surface area contributed by atoms with Crippen LogP contribution in [0.5, 0.6) is 0 Å². The van der Waals surface area contributed by atoms with E-state index in [-0.39, 0.29) is 6.10 Å². The van der Waals surface area contributed by atoms with E-state index in [1.54, 1.807) is 0 Å². The molecule has 1 heterocycles. The van der Waals surface area contributed by atoms with Crippen molar-refractivity contribution in [3.05, 3.63) is 47.5 Å². The van der Waals surface area contributed by atoms with Crippen molar-refractivity contribution in [3.8, 4) is 0 Å². The number of hydrogen-bond donors (Lipinski definition) is 1. The molecule has 0 saturated carbocycles. The Morgan fingerprint density at radius 2 is 2.11 bits per heavy atom. The third-order valence-corrected chi connectivity index (χ3v) is 4.47. The fourth-order valence-corrected chi connectivity index (χ4v) is 3.51. The first-order valence-electron chi connectivity index (χ1n) is 6.91. The monoisotopic (exact) mass is 243 g/mol. The van der Waals surface area contributed by atoms with E-state index in [4.69, 9.17) is 0 Å². The normalized spacial score (nSPS) is 31.6. The van der Waals surface area contributed by atoms with Crippen molar-refractivity contribution in [3.63, 3.8) is 0 Å². The molecule has 3 unspecified atom stereocenters.